The Hall–Kier alpha value is -3.29. The SMILES string of the molecule is C=C(CC(C)(C)C)/C(=C/C(C)=C/C=C\CCC)Nc1ncc(S(=O)(=O)c2ccc(Br)cc2)nc1Cc1ccccc1. The second kappa shape index (κ2) is 14.6. The first-order chi connectivity index (χ1) is 19.4. The van der Waals surface area contributed by atoms with Gasteiger partial charge in [0, 0.05) is 16.6 Å². The highest BCUT2D eigenvalue weighted by molar-refractivity contribution is 9.10. The molecule has 7 heteroatoms. The number of aromatic nitrogens is 2. The Labute approximate surface area is 254 Å². The van der Waals surface area contributed by atoms with E-state index in [2.05, 4.69) is 89.8 Å². The molecule has 0 aliphatic heterocycles. The number of anilines is 1. The fourth-order valence-corrected chi connectivity index (χ4v) is 5.56. The van der Waals surface area contributed by atoms with Crippen LogP contribution in [0.2, 0.25) is 0 Å². The summed E-state index contributed by atoms with van der Waals surface area (Å²) in [6.45, 7) is 15.1. The molecule has 0 atom stereocenters. The van der Waals surface area contributed by atoms with E-state index in [0.717, 1.165) is 46.1 Å². The third-order valence-corrected chi connectivity index (χ3v) is 8.31. The van der Waals surface area contributed by atoms with Crippen LogP contribution in [0.15, 0.2) is 123 Å². The lowest BCUT2D eigenvalue weighted by Gasteiger charge is -2.23. The third kappa shape index (κ3) is 9.94. The lowest BCUT2D eigenvalue weighted by molar-refractivity contribution is 0.412. The molecule has 0 fully saturated rings. The zero-order valence-corrected chi connectivity index (χ0v) is 27.0. The Morgan fingerprint density at radius 2 is 1.76 bits per heavy atom. The minimum Gasteiger partial charge on any atom is -0.338 e. The van der Waals surface area contributed by atoms with Gasteiger partial charge in [-0.25, -0.2) is 18.4 Å². The van der Waals surface area contributed by atoms with Crippen molar-refractivity contribution in [2.24, 2.45) is 5.41 Å². The molecule has 0 amide bonds. The molecule has 0 unspecified atom stereocenters. The zero-order chi connectivity index (χ0) is 30.0. The first-order valence-electron chi connectivity index (χ1n) is 13.8. The van der Waals surface area contributed by atoms with Crippen LogP contribution in [0.1, 0.15) is 65.1 Å². The van der Waals surface area contributed by atoms with Gasteiger partial charge in [-0.05, 0) is 72.2 Å². The third-order valence-electron chi connectivity index (χ3n) is 6.14. The number of halogens is 1. The van der Waals surface area contributed by atoms with Crippen LogP contribution in [-0.2, 0) is 16.3 Å². The quantitative estimate of drug-likeness (QED) is 0.201. The first kappa shape index (κ1) is 32.2. The standard InChI is InChI=1S/C34H40BrN3O2S/c1-7-8-9-11-14-25(2)21-30(26(3)23-34(4,5)6)38-33-31(22-27-15-12-10-13-16-27)37-32(24-36-33)41(39,40)29-19-17-28(35)18-20-29/h9-21,24H,3,7-8,22-23H2,1-2,4-6H3,(H,36,38)/b11-9-,25-14+,30-21-. The van der Waals surface area contributed by atoms with E-state index in [1.165, 1.54) is 6.20 Å². The number of benzene rings is 2. The molecule has 0 bridgehead atoms. The van der Waals surface area contributed by atoms with Crippen LogP contribution in [0.4, 0.5) is 5.82 Å². The molecule has 0 aliphatic rings. The van der Waals surface area contributed by atoms with Crippen molar-refractivity contribution in [1.29, 1.82) is 0 Å². The largest absolute Gasteiger partial charge is 0.338 e. The van der Waals surface area contributed by atoms with Gasteiger partial charge < -0.3 is 5.32 Å². The number of nitrogens with one attached hydrogen (secondary N) is 1. The summed E-state index contributed by atoms with van der Waals surface area (Å²) in [5.41, 5.74) is 4.37. The van der Waals surface area contributed by atoms with Crippen LogP contribution in [-0.4, -0.2) is 18.4 Å². The minimum atomic E-state index is -3.86. The van der Waals surface area contributed by atoms with Crippen LogP contribution in [0.25, 0.3) is 0 Å². The summed E-state index contributed by atoms with van der Waals surface area (Å²) < 4.78 is 27.7. The number of hydrogen-bond donors (Lipinski definition) is 1. The Morgan fingerprint density at radius 3 is 2.39 bits per heavy atom. The second-order valence-electron chi connectivity index (χ2n) is 11.3. The summed E-state index contributed by atoms with van der Waals surface area (Å²) in [5, 5.41) is 3.38. The number of unbranched alkanes of at least 4 members (excludes halogenated alkanes) is 1. The van der Waals surface area contributed by atoms with Crippen LogP contribution in [0.3, 0.4) is 0 Å². The highest BCUT2D eigenvalue weighted by Crippen LogP contribution is 2.30. The van der Waals surface area contributed by atoms with Gasteiger partial charge in [0.1, 0.15) is 0 Å². The molecule has 1 heterocycles. The van der Waals surface area contributed by atoms with Crippen molar-refractivity contribution in [3.05, 3.63) is 124 Å². The van der Waals surface area contributed by atoms with Gasteiger partial charge in [-0.2, -0.15) is 0 Å². The number of sulfone groups is 1. The maximum absolute atomic E-state index is 13.5. The summed E-state index contributed by atoms with van der Waals surface area (Å²) in [5.74, 6) is 0.499. The van der Waals surface area contributed by atoms with Crippen LogP contribution < -0.4 is 5.32 Å². The molecule has 1 N–H and O–H groups in total. The molecular formula is C34H40BrN3O2S. The van der Waals surface area contributed by atoms with E-state index in [-0.39, 0.29) is 15.3 Å². The smallest absolute Gasteiger partial charge is 0.225 e. The van der Waals surface area contributed by atoms with Crippen molar-refractivity contribution < 1.29 is 8.42 Å². The second-order valence-corrected chi connectivity index (χ2v) is 14.1. The molecular weight excluding hydrogens is 594 g/mol. The topological polar surface area (TPSA) is 72.0 Å². The lowest BCUT2D eigenvalue weighted by Crippen LogP contribution is -2.15. The molecule has 0 spiro atoms. The van der Waals surface area contributed by atoms with E-state index >= 15 is 0 Å². The van der Waals surface area contributed by atoms with Crippen molar-refractivity contribution in [2.45, 2.75) is 70.2 Å². The predicted octanol–water partition coefficient (Wildman–Crippen LogP) is 9.25. The molecule has 41 heavy (non-hydrogen) atoms. The van der Waals surface area contributed by atoms with Crippen molar-refractivity contribution in [2.75, 3.05) is 5.32 Å². The summed E-state index contributed by atoms with van der Waals surface area (Å²) in [6.07, 6.45) is 13.0. The van der Waals surface area contributed by atoms with Gasteiger partial charge in [0.15, 0.2) is 10.8 Å². The Morgan fingerprint density at radius 1 is 1.07 bits per heavy atom. The van der Waals surface area contributed by atoms with Gasteiger partial charge in [0.25, 0.3) is 0 Å². The van der Waals surface area contributed by atoms with E-state index in [1.54, 1.807) is 24.3 Å². The van der Waals surface area contributed by atoms with Crippen molar-refractivity contribution in [3.8, 4) is 0 Å². The molecule has 3 rings (SSSR count). The number of hydrogen-bond acceptors (Lipinski definition) is 5. The van der Waals surface area contributed by atoms with Gasteiger partial charge in [-0.3, -0.25) is 0 Å². The maximum atomic E-state index is 13.5. The van der Waals surface area contributed by atoms with Gasteiger partial charge in [0.2, 0.25) is 9.84 Å². The number of rotatable bonds is 12. The Kier molecular flexibility index (Phi) is 11.4. The van der Waals surface area contributed by atoms with Crippen molar-refractivity contribution >= 4 is 31.6 Å². The van der Waals surface area contributed by atoms with Gasteiger partial charge in [-0.15, -0.1) is 0 Å². The van der Waals surface area contributed by atoms with Crippen molar-refractivity contribution in [1.82, 2.24) is 9.97 Å². The van der Waals surface area contributed by atoms with Gasteiger partial charge >= 0.3 is 0 Å². The monoisotopic (exact) mass is 633 g/mol. The zero-order valence-electron chi connectivity index (χ0n) is 24.6. The normalized spacial score (nSPS) is 13.0. The molecule has 216 valence electrons. The van der Waals surface area contributed by atoms with Crippen LogP contribution >= 0.6 is 15.9 Å². The number of allylic oxidation sites excluding steroid dienone is 6. The summed E-state index contributed by atoms with van der Waals surface area (Å²) in [4.78, 5) is 9.45. The Bertz CT molecular complexity index is 1530. The summed E-state index contributed by atoms with van der Waals surface area (Å²) >= 11 is 3.37. The highest BCUT2D eigenvalue weighted by atomic mass is 79.9. The summed E-state index contributed by atoms with van der Waals surface area (Å²) in [6, 6.07) is 16.4. The van der Waals surface area contributed by atoms with Crippen molar-refractivity contribution in [3.63, 3.8) is 0 Å². The van der Waals surface area contributed by atoms with E-state index < -0.39 is 9.84 Å². The van der Waals surface area contributed by atoms with E-state index in [4.69, 9.17) is 0 Å². The predicted molar refractivity (Wildman–Crippen MR) is 174 cm³/mol. The van der Waals surface area contributed by atoms with Gasteiger partial charge in [0.05, 0.1) is 16.8 Å². The average molecular weight is 635 g/mol. The average Bonchev–Trinajstić information content (AvgIpc) is 2.91. The van der Waals surface area contributed by atoms with Gasteiger partial charge in [-0.1, -0.05) is 105 Å². The fraction of sp³-hybridized carbons (Fsp3) is 0.294. The molecule has 0 saturated carbocycles. The van der Waals surface area contributed by atoms with E-state index in [1.807, 2.05) is 37.3 Å². The first-order valence-corrected chi connectivity index (χ1v) is 16.1. The highest BCUT2D eigenvalue weighted by Gasteiger charge is 2.23. The maximum Gasteiger partial charge on any atom is 0.225 e. The van der Waals surface area contributed by atoms with E-state index in [9.17, 15) is 8.42 Å². The molecule has 5 nitrogen and oxygen atoms in total. The molecule has 0 radical (unpaired) electrons. The fourth-order valence-electron chi connectivity index (χ4n) is 4.14. The Balaban J connectivity index is 2.08. The number of nitrogens with zero attached hydrogens (tertiary/aromatic N) is 2. The summed E-state index contributed by atoms with van der Waals surface area (Å²) in [7, 11) is -3.86. The van der Waals surface area contributed by atoms with Crippen LogP contribution in [0, 0.1) is 5.41 Å². The van der Waals surface area contributed by atoms with Crippen LogP contribution in [0.5, 0.6) is 0 Å². The molecule has 1 aromatic heterocycles. The molecule has 2 aromatic carbocycles. The lowest BCUT2D eigenvalue weighted by atomic mass is 9.87. The molecule has 0 aliphatic carbocycles. The molecule has 0 saturated heterocycles. The molecule has 3 aromatic rings. The van der Waals surface area contributed by atoms with E-state index in [0.29, 0.717) is 17.9 Å². The minimum absolute atomic E-state index is 0.0255.